The monoisotopic (exact) mass is 311 g/mol. The second-order valence-electron chi connectivity index (χ2n) is 4.77. The lowest BCUT2D eigenvalue weighted by Crippen LogP contribution is -2.13. The minimum Gasteiger partial charge on any atom is -0.364 e. The van der Waals surface area contributed by atoms with Gasteiger partial charge >= 0.3 is 6.18 Å². The van der Waals surface area contributed by atoms with Crippen LogP contribution < -0.4 is 5.32 Å². The lowest BCUT2D eigenvalue weighted by atomic mass is 10.2. The number of nitrogens with zero attached hydrogens (tertiary/aromatic N) is 5. The average Bonchev–Trinajstić information content (AvgIpc) is 3.04. The Kier molecular flexibility index (Phi) is 3.23. The second kappa shape index (κ2) is 4.97. The first kappa shape index (κ1) is 14.3. The third-order valence-electron chi connectivity index (χ3n) is 3.33. The molecular weight excluding hydrogens is 299 g/mol. The van der Waals surface area contributed by atoms with Crippen LogP contribution in [0.3, 0.4) is 0 Å². The SMILES string of the molecule is Cc1[nH]nc(CNc2cc(C(F)(F)F)nc3ncnn23)c1C. The molecule has 3 heterocycles. The molecule has 116 valence electrons. The standard InChI is InChI=1S/C12H12F3N7/c1-6-7(2)20-21-8(6)4-16-10-3-9(12(13,14)15)19-11-17-5-18-22(10)11/h3,5,16H,4H2,1-2H3,(H,20,21). The number of alkyl halides is 3. The third kappa shape index (κ3) is 2.47. The molecule has 0 aliphatic rings. The summed E-state index contributed by atoms with van der Waals surface area (Å²) in [6.45, 7) is 4.01. The number of hydrogen-bond donors (Lipinski definition) is 2. The quantitative estimate of drug-likeness (QED) is 0.774. The van der Waals surface area contributed by atoms with Gasteiger partial charge in [0.25, 0.3) is 5.78 Å². The maximum absolute atomic E-state index is 12.9. The van der Waals surface area contributed by atoms with Gasteiger partial charge in [0, 0.05) is 11.8 Å². The van der Waals surface area contributed by atoms with Gasteiger partial charge < -0.3 is 5.32 Å². The van der Waals surface area contributed by atoms with Crippen LogP contribution in [0.15, 0.2) is 12.4 Å². The molecule has 0 atom stereocenters. The molecule has 0 aromatic carbocycles. The van der Waals surface area contributed by atoms with E-state index in [0.29, 0.717) is 0 Å². The first-order valence-corrected chi connectivity index (χ1v) is 6.38. The predicted octanol–water partition coefficient (Wildman–Crippen LogP) is 2.10. The fraction of sp³-hybridized carbons (Fsp3) is 0.333. The normalized spacial score (nSPS) is 12.0. The van der Waals surface area contributed by atoms with Crippen molar-refractivity contribution in [2.45, 2.75) is 26.6 Å². The number of aromatic nitrogens is 6. The highest BCUT2D eigenvalue weighted by atomic mass is 19.4. The number of aryl methyl sites for hydroxylation is 1. The van der Waals surface area contributed by atoms with Crippen molar-refractivity contribution in [3.8, 4) is 0 Å². The average molecular weight is 311 g/mol. The summed E-state index contributed by atoms with van der Waals surface area (Å²) in [6.07, 6.45) is -3.40. The molecule has 0 fully saturated rings. The van der Waals surface area contributed by atoms with E-state index < -0.39 is 11.9 Å². The molecule has 0 saturated heterocycles. The lowest BCUT2D eigenvalue weighted by Gasteiger charge is -2.11. The molecule has 10 heteroatoms. The Morgan fingerprint density at radius 3 is 2.73 bits per heavy atom. The molecule has 0 amide bonds. The van der Waals surface area contributed by atoms with Gasteiger partial charge in [-0.2, -0.15) is 32.9 Å². The number of hydrogen-bond acceptors (Lipinski definition) is 5. The van der Waals surface area contributed by atoms with Crippen molar-refractivity contribution in [1.29, 1.82) is 0 Å². The fourth-order valence-electron chi connectivity index (χ4n) is 1.97. The molecule has 3 aromatic rings. The Hall–Kier alpha value is -2.65. The molecule has 0 aliphatic heterocycles. The van der Waals surface area contributed by atoms with E-state index in [4.69, 9.17) is 0 Å². The van der Waals surface area contributed by atoms with Gasteiger partial charge in [-0.05, 0) is 19.4 Å². The van der Waals surface area contributed by atoms with E-state index in [-0.39, 0.29) is 18.1 Å². The van der Waals surface area contributed by atoms with E-state index in [0.717, 1.165) is 29.3 Å². The van der Waals surface area contributed by atoms with Crippen LogP contribution >= 0.6 is 0 Å². The number of nitrogens with one attached hydrogen (secondary N) is 2. The minimum atomic E-state index is -4.55. The number of H-pyrrole nitrogens is 1. The van der Waals surface area contributed by atoms with Crippen LogP contribution in [0.1, 0.15) is 22.6 Å². The van der Waals surface area contributed by atoms with Gasteiger partial charge in [0.05, 0.1) is 12.2 Å². The van der Waals surface area contributed by atoms with E-state index in [9.17, 15) is 13.2 Å². The highest BCUT2D eigenvalue weighted by molar-refractivity contribution is 5.46. The van der Waals surface area contributed by atoms with Crippen LogP contribution in [0.2, 0.25) is 0 Å². The van der Waals surface area contributed by atoms with E-state index in [2.05, 4.69) is 30.6 Å². The van der Waals surface area contributed by atoms with Gasteiger partial charge in [0.15, 0.2) is 5.69 Å². The fourth-order valence-corrected chi connectivity index (χ4v) is 1.97. The molecule has 0 bridgehead atoms. The zero-order chi connectivity index (χ0) is 15.9. The number of halogens is 3. The minimum absolute atomic E-state index is 0.118. The summed E-state index contributed by atoms with van der Waals surface area (Å²) in [6, 6.07) is 0.899. The Morgan fingerprint density at radius 1 is 1.32 bits per heavy atom. The molecule has 0 aliphatic carbocycles. The van der Waals surface area contributed by atoms with Crippen molar-refractivity contribution in [1.82, 2.24) is 29.8 Å². The molecule has 3 aromatic heterocycles. The van der Waals surface area contributed by atoms with Crippen molar-refractivity contribution in [2.24, 2.45) is 0 Å². The first-order chi connectivity index (χ1) is 10.4. The van der Waals surface area contributed by atoms with Crippen LogP contribution in [0.5, 0.6) is 0 Å². The number of rotatable bonds is 3. The van der Waals surface area contributed by atoms with Crippen LogP contribution in [0, 0.1) is 13.8 Å². The van der Waals surface area contributed by atoms with E-state index in [1.165, 1.54) is 4.52 Å². The van der Waals surface area contributed by atoms with Crippen LogP contribution in [-0.4, -0.2) is 29.8 Å². The van der Waals surface area contributed by atoms with Crippen molar-refractivity contribution in [2.75, 3.05) is 5.32 Å². The van der Waals surface area contributed by atoms with Gasteiger partial charge in [0.2, 0.25) is 0 Å². The first-order valence-electron chi connectivity index (χ1n) is 6.38. The van der Waals surface area contributed by atoms with Crippen LogP contribution in [0.4, 0.5) is 19.0 Å². The zero-order valence-corrected chi connectivity index (χ0v) is 11.7. The summed E-state index contributed by atoms with van der Waals surface area (Å²) in [7, 11) is 0. The van der Waals surface area contributed by atoms with Gasteiger partial charge in [-0.15, -0.1) is 0 Å². The molecule has 22 heavy (non-hydrogen) atoms. The molecule has 0 radical (unpaired) electrons. The molecule has 3 rings (SSSR count). The van der Waals surface area contributed by atoms with Gasteiger partial charge in [0.1, 0.15) is 12.1 Å². The molecule has 0 saturated carbocycles. The summed E-state index contributed by atoms with van der Waals surface area (Å²) in [5.41, 5.74) is 1.56. The lowest BCUT2D eigenvalue weighted by molar-refractivity contribution is -0.141. The summed E-state index contributed by atoms with van der Waals surface area (Å²) < 4.78 is 39.8. The number of fused-ring (bicyclic) bond motifs is 1. The van der Waals surface area contributed by atoms with Gasteiger partial charge in [-0.1, -0.05) is 0 Å². The van der Waals surface area contributed by atoms with Gasteiger partial charge in [-0.3, -0.25) is 5.10 Å². The Bertz CT molecular complexity index is 818. The molecule has 0 unspecified atom stereocenters. The molecule has 7 nitrogen and oxygen atoms in total. The highest BCUT2D eigenvalue weighted by Crippen LogP contribution is 2.29. The number of anilines is 1. The van der Waals surface area contributed by atoms with Crippen LogP contribution in [-0.2, 0) is 12.7 Å². The largest absolute Gasteiger partial charge is 0.433 e. The van der Waals surface area contributed by atoms with E-state index in [1.807, 2.05) is 13.8 Å². The molecular formula is C12H12F3N7. The van der Waals surface area contributed by atoms with E-state index in [1.54, 1.807) is 0 Å². The third-order valence-corrected chi connectivity index (χ3v) is 3.33. The van der Waals surface area contributed by atoms with Crippen molar-refractivity contribution in [3.05, 3.63) is 35.0 Å². The predicted molar refractivity (Wildman–Crippen MR) is 71.2 cm³/mol. The summed E-state index contributed by atoms with van der Waals surface area (Å²) >= 11 is 0. The zero-order valence-electron chi connectivity index (χ0n) is 11.7. The van der Waals surface area contributed by atoms with Crippen molar-refractivity contribution >= 4 is 11.6 Å². The number of aromatic amines is 1. The molecule has 0 spiro atoms. The van der Waals surface area contributed by atoms with Crippen molar-refractivity contribution in [3.63, 3.8) is 0 Å². The van der Waals surface area contributed by atoms with Gasteiger partial charge in [-0.25, -0.2) is 4.98 Å². The van der Waals surface area contributed by atoms with Crippen molar-refractivity contribution < 1.29 is 13.2 Å². The highest BCUT2D eigenvalue weighted by Gasteiger charge is 2.34. The summed E-state index contributed by atoms with van der Waals surface area (Å²) in [4.78, 5) is 7.16. The summed E-state index contributed by atoms with van der Waals surface area (Å²) in [5, 5.41) is 13.7. The molecule has 2 N–H and O–H groups in total. The maximum atomic E-state index is 12.9. The van der Waals surface area contributed by atoms with Crippen LogP contribution in [0.25, 0.3) is 5.78 Å². The Balaban J connectivity index is 1.95. The second-order valence-corrected chi connectivity index (χ2v) is 4.77. The van der Waals surface area contributed by atoms with E-state index >= 15 is 0 Å². The topological polar surface area (TPSA) is 83.8 Å². The smallest absolute Gasteiger partial charge is 0.364 e. The Labute approximate surface area is 122 Å². The summed E-state index contributed by atoms with van der Waals surface area (Å²) in [5.74, 6) is 0.0298. The maximum Gasteiger partial charge on any atom is 0.433 e. The Morgan fingerprint density at radius 2 is 2.09 bits per heavy atom.